The Morgan fingerprint density at radius 1 is 1.50 bits per heavy atom. The molecule has 6 nitrogen and oxygen atoms in total. The molecule has 2 heterocycles. The van der Waals surface area contributed by atoms with Gasteiger partial charge in [0.2, 0.25) is 5.91 Å². The predicted octanol–water partition coefficient (Wildman–Crippen LogP) is 0.965. The van der Waals surface area contributed by atoms with E-state index in [1.807, 2.05) is 0 Å². The highest BCUT2D eigenvalue weighted by Gasteiger charge is 2.07. The van der Waals surface area contributed by atoms with Gasteiger partial charge in [0.1, 0.15) is 6.54 Å². The summed E-state index contributed by atoms with van der Waals surface area (Å²) in [6.07, 6.45) is 4.65. The SMILES string of the molecule is O=C(Cn1ccnn1)Nc1ncccc1Cl. The largest absolute Gasteiger partial charge is 0.308 e. The number of aromatic nitrogens is 4. The molecule has 82 valence electrons. The molecule has 2 rings (SSSR count). The number of amides is 1. The molecule has 0 saturated heterocycles. The molecule has 0 aliphatic rings. The van der Waals surface area contributed by atoms with Crippen LogP contribution < -0.4 is 5.32 Å². The van der Waals surface area contributed by atoms with Gasteiger partial charge in [0.15, 0.2) is 5.82 Å². The van der Waals surface area contributed by atoms with Crippen molar-refractivity contribution in [2.45, 2.75) is 6.54 Å². The first kappa shape index (κ1) is 10.6. The smallest absolute Gasteiger partial charge is 0.247 e. The summed E-state index contributed by atoms with van der Waals surface area (Å²) in [5.74, 6) is 0.0837. The number of anilines is 1. The number of nitrogens with one attached hydrogen (secondary N) is 1. The molecule has 0 fully saturated rings. The maximum Gasteiger partial charge on any atom is 0.247 e. The van der Waals surface area contributed by atoms with Gasteiger partial charge in [-0.15, -0.1) is 5.10 Å². The molecule has 2 aromatic rings. The number of carbonyl (C=O) groups excluding carboxylic acids is 1. The second kappa shape index (κ2) is 4.71. The van der Waals surface area contributed by atoms with Crippen LogP contribution in [-0.2, 0) is 11.3 Å². The number of hydrogen-bond donors (Lipinski definition) is 1. The van der Waals surface area contributed by atoms with Gasteiger partial charge >= 0.3 is 0 Å². The minimum atomic E-state index is -0.258. The molecule has 1 N–H and O–H groups in total. The van der Waals surface area contributed by atoms with Gasteiger partial charge in [0, 0.05) is 12.4 Å². The zero-order chi connectivity index (χ0) is 11.4. The molecular weight excluding hydrogens is 230 g/mol. The number of halogens is 1. The van der Waals surface area contributed by atoms with Crippen molar-refractivity contribution in [3.63, 3.8) is 0 Å². The molecule has 0 radical (unpaired) electrons. The van der Waals surface area contributed by atoms with E-state index in [1.54, 1.807) is 24.5 Å². The summed E-state index contributed by atoms with van der Waals surface area (Å²) < 4.78 is 1.41. The van der Waals surface area contributed by atoms with Crippen LogP contribution in [0.2, 0.25) is 5.02 Å². The summed E-state index contributed by atoms with van der Waals surface area (Å²) in [6.45, 7) is 0.0763. The molecule has 2 aromatic heterocycles. The number of carbonyl (C=O) groups is 1. The van der Waals surface area contributed by atoms with E-state index in [2.05, 4.69) is 20.6 Å². The lowest BCUT2D eigenvalue weighted by atomic mass is 10.4. The number of rotatable bonds is 3. The summed E-state index contributed by atoms with van der Waals surface area (Å²) in [7, 11) is 0. The van der Waals surface area contributed by atoms with E-state index in [4.69, 9.17) is 11.6 Å². The second-order valence-electron chi connectivity index (χ2n) is 2.98. The quantitative estimate of drug-likeness (QED) is 0.863. The van der Waals surface area contributed by atoms with Gasteiger partial charge in [-0.3, -0.25) is 4.79 Å². The first-order chi connectivity index (χ1) is 7.75. The number of hydrogen-bond acceptors (Lipinski definition) is 4. The minimum Gasteiger partial charge on any atom is -0.308 e. The van der Waals surface area contributed by atoms with Crippen LogP contribution in [0.1, 0.15) is 0 Å². The monoisotopic (exact) mass is 237 g/mol. The molecule has 0 atom stereocenters. The maximum absolute atomic E-state index is 11.5. The third kappa shape index (κ3) is 2.54. The predicted molar refractivity (Wildman–Crippen MR) is 57.9 cm³/mol. The standard InChI is InChI=1S/C9H8ClN5O/c10-7-2-1-3-11-9(7)13-8(16)6-15-5-4-12-14-15/h1-5H,6H2,(H,11,13,16). The van der Waals surface area contributed by atoms with Crippen LogP contribution in [0.5, 0.6) is 0 Å². The highest BCUT2D eigenvalue weighted by molar-refractivity contribution is 6.33. The molecule has 0 aliphatic carbocycles. The molecular formula is C9H8ClN5O. The molecule has 0 bridgehead atoms. The van der Waals surface area contributed by atoms with Crippen molar-refractivity contribution in [2.24, 2.45) is 0 Å². The Bertz CT molecular complexity index is 484. The Hall–Kier alpha value is -1.95. The van der Waals surface area contributed by atoms with Gasteiger partial charge in [0.05, 0.1) is 11.2 Å². The fourth-order valence-corrected chi connectivity index (χ4v) is 1.28. The van der Waals surface area contributed by atoms with Crippen molar-refractivity contribution < 1.29 is 4.79 Å². The normalized spacial score (nSPS) is 10.1. The van der Waals surface area contributed by atoms with Crippen LogP contribution in [0.15, 0.2) is 30.7 Å². The van der Waals surface area contributed by atoms with Gasteiger partial charge in [-0.2, -0.15) is 0 Å². The lowest BCUT2D eigenvalue weighted by Crippen LogP contribution is -2.19. The average molecular weight is 238 g/mol. The maximum atomic E-state index is 11.5. The molecule has 0 unspecified atom stereocenters. The molecule has 0 aliphatic heterocycles. The minimum absolute atomic E-state index is 0.0763. The van der Waals surface area contributed by atoms with Gasteiger partial charge < -0.3 is 5.32 Å². The van der Waals surface area contributed by atoms with Gasteiger partial charge in [-0.05, 0) is 12.1 Å². The van der Waals surface area contributed by atoms with E-state index in [1.165, 1.54) is 10.9 Å². The summed E-state index contributed by atoms with van der Waals surface area (Å²) >= 11 is 5.84. The Labute approximate surface area is 96.2 Å². The Balaban J connectivity index is 2.00. The van der Waals surface area contributed by atoms with E-state index in [0.717, 1.165) is 0 Å². The van der Waals surface area contributed by atoms with Crippen molar-refractivity contribution in [2.75, 3.05) is 5.32 Å². The highest BCUT2D eigenvalue weighted by Crippen LogP contribution is 2.16. The van der Waals surface area contributed by atoms with Crippen molar-refractivity contribution >= 4 is 23.3 Å². The molecule has 0 saturated carbocycles. The Morgan fingerprint density at radius 2 is 2.38 bits per heavy atom. The topological polar surface area (TPSA) is 72.7 Å². The van der Waals surface area contributed by atoms with Crippen molar-refractivity contribution in [3.05, 3.63) is 35.7 Å². The van der Waals surface area contributed by atoms with Crippen LogP contribution in [0.3, 0.4) is 0 Å². The number of nitrogens with zero attached hydrogens (tertiary/aromatic N) is 4. The molecule has 1 amide bonds. The lowest BCUT2D eigenvalue weighted by Gasteiger charge is -2.05. The van der Waals surface area contributed by atoms with Crippen LogP contribution in [0, 0.1) is 0 Å². The highest BCUT2D eigenvalue weighted by atomic mass is 35.5. The first-order valence-corrected chi connectivity index (χ1v) is 4.88. The molecule has 16 heavy (non-hydrogen) atoms. The second-order valence-corrected chi connectivity index (χ2v) is 3.39. The number of pyridine rings is 1. The van der Waals surface area contributed by atoms with E-state index in [9.17, 15) is 4.79 Å². The van der Waals surface area contributed by atoms with Gasteiger partial charge in [-0.1, -0.05) is 16.8 Å². The zero-order valence-electron chi connectivity index (χ0n) is 8.17. The first-order valence-electron chi connectivity index (χ1n) is 4.50. The van der Waals surface area contributed by atoms with Crippen molar-refractivity contribution in [3.8, 4) is 0 Å². The van der Waals surface area contributed by atoms with Crippen LogP contribution in [0.4, 0.5) is 5.82 Å². The third-order valence-electron chi connectivity index (χ3n) is 1.79. The van der Waals surface area contributed by atoms with Gasteiger partial charge in [0.25, 0.3) is 0 Å². The summed E-state index contributed by atoms with van der Waals surface area (Å²) in [4.78, 5) is 15.5. The molecule has 7 heteroatoms. The molecule has 0 aromatic carbocycles. The lowest BCUT2D eigenvalue weighted by molar-refractivity contribution is -0.116. The zero-order valence-corrected chi connectivity index (χ0v) is 8.92. The summed E-state index contributed by atoms with van der Waals surface area (Å²) in [6, 6.07) is 3.34. The van der Waals surface area contributed by atoms with E-state index < -0.39 is 0 Å². The fourth-order valence-electron chi connectivity index (χ4n) is 1.11. The van der Waals surface area contributed by atoms with E-state index in [0.29, 0.717) is 10.8 Å². The van der Waals surface area contributed by atoms with Crippen LogP contribution >= 0.6 is 11.6 Å². The fraction of sp³-hybridized carbons (Fsp3) is 0.111. The Morgan fingerprint density at radius 3 is 3.06 bits per heavy atom. The summed E-state index contributed by atoms with van der Waals surface area (Å²) in [5, 5.41) is 10.2. The third-order valence-corrected chi connectivity index (χ3v) is 2.10. The van der Waals surface area contributed by atoms with Crippen LogP contribution in [-0.4, -0.2) is 25.9 Å². The summed E-state index contributed by atoms with van der Waals surface area (Å²) in [5.41, 5.74) is 0. The molecule has 0 spiro atoms. The van der Waals surface area contributed by atoms with Crippen molar-refractivity contribution in [1.82, 2.24) is 20.0 Å². The Kier molecular flexibility index (Phi) is 3.11. The van der Waals surface area contributed by atoms with E-state index >= 15 is 0 Å². The average Bonchev–Trinajstić information content (AvgIpc) is 2.74. The van der Waals surface area contributed by atoms with Crippen molar-refractivity contribution in [1.29, 1.82) is 0 Å². The van der Waals surface area contributed by atoms with E-state index in [-0.39, 0.29) is 12.5 Å². The van der Waals surface area contributed by atoms with Gasteiger partial charge in [-0.25, -0.2) is 9.67 Å². The van der Waals surface area contributed by atoms with Crippen LogP contribution in [0.25, 0.3) is 0 Å².